The maximum absolute atomic E-state index is 4.65. The molecule has 0 aromatic carbocycles. The Kier molecular flexibility index (Phi) is 3.29. The summed E-state index contributed by atoms with van der Waals surface area (Å²) in [5.41, 5.74) is 4.08. The minimum absolute atomic E-state index is 0.713. The van der Waals surface area contributed by atoms with Gasteiger partial charge in [0.2, 0.25) is 0 Å². The van der Waals surface area contributed by atoms with Crippen LogP contribution in [0.3, 0.4) is 0 Å². The summed E-state index contributed by atoms with van der Waals surface area (Å²) in [6.45, 7) is 0.713. The highest BCUT2D eigenvalue weighted by atomic mass is 32.1. The minimum atomic E-state index is 0.713. The standard InChI is InChI=1S/C16H13N5S/c1-5-17-6-2-12(1)10-18-16-9-14(13-4-8-22-11-13)20-15-3-7-19-21(15)16/h1-9,11,18H,10H2. The molecule has 5 nitrogen and oxygen atoms in total. The van der Waals surface area contributed by atoms with Crippen molar-refractivity contribution in [3.8, 4) is 11.3 Å². The first-order valence-corrected chi connectivity index (χ1v) is 7.84. The van der Waals surface area contributed by atoms with Gasteiger partial charge in [0, 0.05) is 42.0 Å². The van der Waals surface area contributed by atoms with E-state index in [1.165, 1.54) is 5.56 Å². The van der Waals surface area contributed by atoms with E-state index in [4.69, 9.17) is 0 Å². The summed E-state index contributed by atoms with van der Waals surface area (Å²) in [4.78, 5) is 8.69. The molecular formula is C16H13N5S. The number of anilines is 1. The fourth-order valence-corrected chi connectivity index (χ4v) is 2.94. The Bertz CT molecular complexity index is 883. The van der Waals surface area contributed by atoms with Crippen LogP contribution in [-0.2, 0) is 6.54 Å². The van der Waals surface area contributed by atoms with E-state index in [1.54, 1.807) is 29.9 Å². The van der Waals surface area contributed by atoms with Crippen LogP contribution < -0.4 is 5.32 Å². The van der Waals surface area contributed by atoms with Gasteiger partial charge in [0.25, 0.3) is 0 Å². The van der Waals surface area contributed by atoms with Crippen molar-refractivity contribution in [3.63, 3.8) is 0 Å². The van der Waals surface area contributed by atoms with Gasteiger partial charge in [0.15, 0.2) is 5.65 Å². The Morgan fingerprint density at radius 2 is 2.00 bits per heavy atom. The van der Waals surface area contributed by atoms with Gasteiger partial charge in [0.1, 0.15) is 5.82 Å². The van der Waals surface area contributed by atoms with Gasteiger partial charge < -0.3 is 5.32 Å². The fraction of sp³-hybridized carbons (Fsp3) is 0.0625. The molecule has 4 rings (SSSR count). The summed E-state index contributed by atoms with van der Waals surface area (Å²) in [5, 5.41) is 11.9. The average molecular weight is 307 g/mol. The molecule has 108 valence electrons. The number of hydrogen-bond acceptors (Lipinski definition) is 5. The summed E-state index contributed by atoms with van der Waals surface area (Å²) in [6.07, 6.45) is 5.35. The number of thiophene rings is 1. The van der Waals surface area contributed by atoms with Crippen molar-refractivity contribution in [1.82, 2.24) is 19.6 Å². The molecule has 0 aliphatic carbocycles. The Hall–Kier alpha value is -2.73. The number of fused-ring (bicyclic) bond motifs is 1. The molecule has 4 aromatic heterocycles. The van der Waals surface area contributed by atoms with Crippen LogP contribution in [0.2, 0.25) is 0 Å². The maximum atomic E-state index is 4.65. The highest BCUT2D eigenvalue weighted by Crippen LogP contribution is 2.24. The fourth-order valence-electron chi connectivity index (χ4n) is 2.29. The second kappa shape index (κ2) is 5.57. The zero-order chi connectivity index (χ0) is 14.8. The van der Waals surface area contributed by atoms with Crippen LogP contribution in [0.1, 0.15) is 5.56 Å². The highest BCUT2D eigenvalue weighted by molar-refractivity contribution is 7.08. The first-order chi connectivity index (χ1) is 10.9. The number of rotatable bonds is 4. The van der Waals surface area contributed by atoms with Crippen molar-refractivity contribution in [2.75, 3.05) is 5.32 Å². The Morgan fingerprint density at radius 3 is 2.82 bits per heavy atom. The van der Waals surface area contributed by atoms with E-state index in [-0.39, 0.29) is 0 Å². The van der Waals surface area contributed by atoms with Gasteiger partial charge >= 0.3 is 0 Å². The average Bonchev–Trinajstić information content (AvgIpc) is 3.24. The second-order valence-electron chi connectivity index (χ2n) is 4.85. The number of nitrogens with one attached hydrogen (secondary N) is 1. The first kappa shape index (κ1) is 13.0. The molecule has 0 unspecified atom stereocenters. The van der Waals surface area contributed by atoms with Crippen LogP contribution in [0.4, 0.5) is 5.82 Å². The van der Waals surface area contributed by atoms with Crippen molar-refractivity contribution < 1.29 is 0 Å². The quantitative estimate of drug-likeness (QED) is 0.627. The molecule has 0 bridgehead atoms. The monoisotopic (exact) mass is 307 g/mol. The van der Waals surface area contributed by atoms with Gasteiger partial charge in [-0.1, -0.05) is 0 Å². The lowest BCUT2D eigenvalue weighted by Crippen LogP contribution is -2.06. The molecule has 0 saturated heterocycles. The number of aromatic nitrogens is 4. The Labute approximate surface area is 131 Å². The van der Waals surface area contributed by atoms with E-state index < -0.39 is 0 Å². The van der Waals surface area contributed by atoms with E-state index in [1.807, 2.05) is 28.8 Å². The zero-order valence-electron chi connectivity index (χ0n) is 11.7. The second-order valence-corrected chi connectivity index (χ2v) is 5.63. The van der Waals surface area contributed by atoms with E-state index in [0.717, 1.165) is 22.7 Å². The molecule has 0 radical (unpaired) electrons. The molecule has 22 heavy (non-hydrogen) atoms. The van der Waals surface area contributed by atoms with Crippen LogP contribution in [-0.4, -0.2) is 19.6 Å². The summed E-state index contributed by atoms with van der Waals surface area (Å²) in [7, 11) is 0. The topological polar surface area (TPSA) is 55.1 Å². The predicted octanol–water partition coefficient (Wildman–Crippen LogP) is 3.46. The van der Waals surface area contributed by atoms with Crippen molar-refractivity contribution in [2.24, 2.45) is 0 Å². The molecule has 0 aliphatic rings. The van der Waals surface area contributed by atoms with E-state index >= 15 is 0 Å². The summed E-state index contributed by atoms with van der Waals surface area (Å²) < 4.78 is 1.82. The number of nitrogens with zero attached hydrogens (tertiary/aromatic N) is 4. The maximum Gasteiger partial charge on any atom is 0.157 e. The Balaban J connectivity index is 1.71. The van der Waals surface area contributed by atoms with E-state index in [2.05, 4.69) is 37.2 Å². The van der Waals surface area contributed by atoms with Crippen molar-refractivity contribution >= 4 is 22.8 Å². The molecule has 0 spiro atoms. The molecule has 0 amide bonds. The number of pyridine rings is 1. The van der Waals surface area contributed by atoms with Gasteiger partial charge in [-0.2, -0.15) is 21.0 Å². The lowest BCUT2D eigenvalue weighted by atomic mass is 10.2. The summed E-state index contributed by atoms with van der Waals surface area (Å²) in [6, 6.07) is 10.0. The Morgan fingerprint density at radius 1 is 1.09 bits per heavy atom. The molecule has 0 atom stereocenters. The normalized spacial score (nSPS) is 10.9. The molecule has 1 N–H and O–H groups in total. The molecule has 6 heteroatoms. The number of hydrogen-bond donors (Lipinski definition) is 1. The third kappa shape index (κ3) is 2.44. The highest BCUT2D eigenvalue weighted by Gasteiger charge is 2.08. The minimum Gasteiger partial charge on any atom is -0.366 e. The third-order valence-corrected chi connectivity index (χ3v) is 4.08. The smallest absolute Gasteiger partial charge is 0.157 e. The lowest BCUT2D eigenvalue weighted by molar-refractivity contribution is 0.926. The molecule has 4 aromatic rings. The van der Waals surface area contributed by atoms with Gasteiger partial charge in [-0.3, -0.25) is 4.98 Å². The van der Waals surface area contributed by atoms with Crippen molar-refractivity contribution in [3.05, 3.63) is 65.2 Å². The first-order valence-electron chi connectivity index (χ1n) is 6.90. The molecule has 0 aliphatic heterocycles. The zero-order valence-corrected chi connectivity index (χ0v) is 12.5. The molecule has 0 fully saturated rings. The third-order valence-electron chi connectivity index (χ3n) is 3.40. The van der Waals surface area contributed by atoms with Gasteiger partial charge in [-0.25, -0.2) is 4.98 Å². The largest absolute Gasteiger partial charge is 0.366 e. The van der Waals surface area contributed by atoms with Crippen LogP contribution in [0.25, 0.3) is 16.9 Å². The van der Waals surface area contributed by atoms with Crippen LogP contribution >= 0.6 is 11.3 Å². The van der Waals surface area contributed by atoms with E-state index in [0.29, 0.717) is 6.54 Å². The molecule has 0 saturated carbocycles. The molecular weight excluding hydrogens is 294 g/mol. The van der Waals surface area contributed by atoms with Crippen molar-refractivity contribution in [2.45, 2.75) is 6.54 Å². The summed E-state index contributed by atoms with van der Waals surface area (Å²) in [5.74, 6) is 0.924. The van der Waals surface area contributed by atoms with Gasteiger partial charge in [-0.05, 0) is 29.1 Å². The predicted molar refractivity (Wildman–Crippen MR) is 87.9 cm³/mol. The van der Waals surface area contributed by atoms with E-state index in [9.17, 15) is 0 Å². The van der Waals surface area contributed by atoms with Crippen LogP contribution in [0.5, 0.6) is 0 Å². The lowest BCUT2D eigenvalue weighted by Gasteiger charge is -2.10. The van der Waals surface area contributed by atoms with Gasteiger partial charge in [-0.15, -0.1) is 0 Å². The van der Waals surface area contributed by atoms with Crippen molar-refractivity contribution in [1.29, 1.82) is 0 Å². The molecule has 4 heterocycles. The summed E-state index contributed by atoms with van der Waals surface area (Å²) >= 11 is 1.67. The van der Waals surface area contributed by atoms with Gasteiger partial charge in [0.05, 0.1) is 11.9 Å². The van der Waals surface area contributed by atoms with Crippen LogP contribution in [0, 0.1) is 0 Å². The SMILES string of the molecule is c1cc(CNc2cc(-c3ccsc3)nc3ccnn23)ccn1. The van der Waals surface area contributed by atoms with Crippen LogP contribution in [0.15, 0.2) is 59.7 Å².